The maximum atomic E-state index is 10.3. The molecule has 1 N–H and O–H groups in total. The third kappa shape index (κ3) is 2.68. The molecule has 0 spiro atoms. The topological polar surface area (TPSA) is 42.4 Å². The van der Waals surface area contributed by atoms with Gasteiger partial charge in [0.2, 0.25) is 5.88 Å². The lowest BCUT2D eigenvalue weighted by atomic mass is 10.0. The van der Waals surface area contributed by atoms with E-state index in [-0.39, 0.29) is 0 Å². The summed E-state index contributed by atoms with van der Waals surface area (Å²) in [6.45, 7) is 2.10. The average Bonchev–Trinajstić information content (AvgIpc) is 2.46. The molecule has 1 aromatic carbocycles. The molecule has 2 aromatic rings. The standard InChI is InChI=1S/C15H17NO2/c1-3-11-5-4-6-12(9-11)15(17)13-7-8-14(18-2)16-10-13/h4-10,15,17H,3H2,1-2H3. The molecule has 3 heteroatoms. The smallest absolute Gasteiger partial charge is 0.212 e. The second kappa shape index (κ2) is 5.65. The molecule has 0 aliphatic heterocycles. The largest absolute Gasteiger partial charge is 0.481 e. The summed E-state index contributed by atoms with van der Waals surface area (Å²) >= 11 is 0. The number of benzene rings is 1. The van der Waals surface area contributed by atoms with Crippen molar-refractivity contribution in [3.05, 3.63) is 59.3 Å². The third-order valence-corrected chi connectivity index (χ3v) is 2.96. The first-order valence-corrected chi connectivity index (χ1v) is 6.01. The van der Waals surface area contributed by atoms with Crippen LogP contribution in [0.1, 0.15) is 29.7 Å². The van der Waals surface area contributed by atoms with Crippen LogP contribution in [0.3, 0.4) is 0 Å². The van der Waals surface area contributed by atoms with Gasteiger partial charge in [0, 0.05) is 17.8 Å². The van der Waals surface area contributed by atoms with E-state index in [1.54, 1.807) is 19.4 Å². The molecule has 0 saturated carbocycles. The Hall–Kier alpha value is -1.87. The Morgan fingerprint density at radius 3 is 2.67 bits per heavy atom. The first kappa shape index (κ1) is 12.6. The van der Waals surface area contributed by atoms with E-state index in [4.69, 9.17) is 4.74 Å². The quantitative estimate of drug-likeness (QED) is 0.897. The van der Waals surface area contributed by atoms with Crippen molar-refractivity contribution < 1.29 is 9.84 Å². The van der Waals surface area contributed by atoms with Gasteiger partial charge in [-0.05, 0) is 23.6 Å². The number of aryl methyl sites for hydroxylation is 1. The van der Waals surface area contributed by atoms with Crippen molar-refractivity contribution in [3.63, 3.8) is 0 Å². The molecule has 1 atom stereocenters. The third-order valence-electron chi connectivity index (χ3n) is 2.96. The zero-order valence-electron chi connectivity index (χ0n) is 10.6. The van der Waals surface area contributed by atoms with Crippen LogP contribution in [-0.2, 0) is 6.42 Å². The minimum atomic E-state index is -0.644. The van der Waals surface area contributed by atoms with Crippen LogP contribution in [-0.4, -0.2) is 17.2 Å². The van der Waals surface area contributed by atoms with Gasteiger partial charge < -0.3 is 9.84 Å². The van der Waals surface area contributed by atoms with Crippen molar-refractivity contribution in [1.82, 2.24) is 4.98 Å². The summed E-state index contributed by atoms with van der Waals surface area (Å²) in [7, 11) is 1.57. The van der Waals surface area contributed by atoms with Gasteiger partial charge in [0.15, 0.2) is 0 Å². The summed E-state index contributed by atoms with van der Waals surface area (Å²) < 4.78 is 5.00. The van der Waals surface area contributed by atoms with Crippen LogP contribution in [0.2, 0.25) is 0 Å². The Morgan fingerprint density at radius 2 is 2.06 bits per heavy atom. The Labute approximate surface area is 107 Å². The fraction of sp³-hybridized carbons (Fsp3) is 0.267. The second-order valence-corrected chi connectivity index (χ2v) is 4.14. The lowest BCUT2D eigenvalue weighted by molar-refractivity contribution is 0.219. The van der Waals surface area contributed by atoms with Crippen LogP contribution in [0, 0.1) is 0 Å². The molecule has 2 rings (SSSR count). The molecule has 0 fully saturated rings. The van der Waals surface area contributed by atoms with Gasteiger partial charge in [0.25, 0.3) is 0 Å². The highest BCUT2D eigenvalue weighted by molar-refractivity contribution is 5.32. The van der Waals surface area contributed by atoms with E-state index in [9.17, 15) is 5.11 Å². The Kier molecular flexibility index (Phi) is 3.95. The van der Waals surface area contributed by atoms with Gasteiger partial charge in [-0.15, -0.1) is 0 Å². The predicted molar refractivity (Wildman–Crippen MR) is 70.7 cm³/mol. The van der Waals surface area contributed by atoms with Crippen LogP contribution in [0.5, 0.6) is 5.88 Å². The Bertz CT molecular complexity index is 508. The van der Waals surface area contributed by atoms with E-state index in [1.165, 1.54) is 5.56 Å². The summed E-state index contributed by atoms with van der Waals surface area (Å²) in [4.78, 5) is 4.10. The Balaban J connectivity index is 2.25. The lowest BCUT2D eigenvalue weighted by Gasteiger charge is -2.12. The number of pyridine rings is 1. The molecule has 94 valence electrons. The highest BCUT2D eigenvalue weighted by Gasteiger charge is 2.11. The van der Waals surface area contributed by atoms with Crippen molar-refractivity contribution in [2.45, 2.75) is 19.4 Å². The molecule has 0 radical (unpaired) electrons. The number of nitrogens with zero attached hydrogens (tertiary/aromatic N) is 1. The molecular formula is C15H17NO2. The minimum absolute atomic E-state index is 0.549. The summed E-state index contributed by atoms with van der Waals surface area (Å²) in [6.07, 6.45) is 1.96. The summed E-state index contributed by atoms with van der Waals surface area (Å²) in [6, 6.07) is 11.6. The van der Waals surface area contributed by atoms with Crippen molar-refractivity contribution in [2.24, 2.45) is 0 Å². The fourth-order valence-electron chi connectivity index (χ4n) is 1.85. The van der Waals surface area contributed by atoms with Crippen LogP contribution < -0.4 is 4.74 Å². The molecule has 1 aromatic heterocycles. The number of aliphatic hydroxyl groups excluding tert-OH is 1. The number of aromatic nitrogens is 1. The monoisotopic (exact) mass is 243 g/mol. The maximum absolute atomic E-state index is 10.3. The van der Waals surface area contributed by atoms with E-state index < -0.39 is 6.10 Å². The zero-order chi connectivity index (χ0) is 13.0. The summed E-state index contributed by atoms with van der Waals surface area (Å²) in [5, 5.41) is 10.3. The molecule has 1 heterocycles. The van der Waals surface area contributed by atoms with Crippen molar-refractivity contribution >= 4 is 0 Å². The predicted octanol–water partition coefficient (Wildman–Crippen LogP) is 2.73. The second-order valence-electron chi connectivity index (χ2n) is 4.14. The number of rotatable bonds is 4. The van der Waals surface area contributed by atoms with Gasteiger partial charge in [-0.3, -0.25) is 0 Å². The maximum Gasteiger partial charge on any atom is 0.212 e. The van der Waals surface area contributed by atoms with E-state index in [0.717, 1.165) is 17.5 Å². The van der Waals surface area contributed by atoms with Gasteiger partial charge in [-0.25, -0.2) is 4.98 Å². The first-order valence-electron chi connectivity index (χ1n) is 6.01. The normalized spacial score (nSPS) is 12.2. The number of hydrogen-bond acceptors (Lipinski definition) is 3. The zero-order valence-corrected chi connectivity index (χ0v) is 10.6. The van der Waals surface area contributed by atoms with Crippen LogP contribution in [0.15, 0.2) is 42.6 Å². The summed E-state index contributed by atoms with van der Waals surface area (Å²) in [5.41, 5.74) is 2.87. The average molecular weight is 243 g/mol. The number of hydrogen-bond donors (Lipinski definition) is 1. The highest BCUT2D eigenvalue weighted by Crippen LogP contribution is 2.23. The summed E-state index contributed by atoms with van der Waals surface area (Å²) in [5.74, 6) is 0.549. The first-order chi connectivity index (χ1) is 8.74. The van der Waals surface area contributed by atoms with Gasteiger partial charge in [-0.2, -0.15) is 0 Å². The number of ether oxygens (including phenoxy) is 1. The van der Waals surface area contributed by atoms with Gasteiger partial charge in [0.05, 0.1) is 7.11 Å². The Morgan fingerprint density at radius 1 is 1.22 bits per heavy atom. The van der Waals surface area contributed by atoms with Gasteiger partial charge in [0.1, 0.15) is 6.10 Å². The number of methoxy groups -OCH3 is 1. The fourth-order valence-corrected chi connectivity index (χ4v) is 1.85. The minimum Gasteiger partial charge on any atom is -0.481 e. The highest BCUT2D eigenvalue weighted by atomic mass is 16.5. The van der Waals surface area contributed by atoms with Crippen molar-refractivity contribution in [2.75, 3.05) is 7.11 Å². The molecule has 1 unspecified atom stereocenters. The lowest BCUT2D eigenvalue weighted by Crippen LogP contribution is -2.01. The number of aliphatic hydroxyl groups is 1. The molecule has 0 bridgehead atoms. The molecule has 0 aliphatic rings. The van der Waals surface area contributed by atoms with Crippen LogP contribution in [0.25, 0.3) is 0 Å². The van der Waals surface area contributed by atoms with Crippen molar-refractivity contribution in [1.29, 1.82) is 0 Å². The molecule has 0 amide bonds. The molecule has 18 heavy (non-hydrogen) atoms. The van der Waals surface area contributed by atoms with Crippen LogP contribution in [0.4, 0.5) is 0 Å². The van der Waals surface area contributed by atoms with Crippen molar-refractivity contribution in [3.8, 4) is 5.88 Å². The molecule has 0 aliphatic carbocycles. The van der Waals surface area contributed by atoms with E-state index in [1.807, 2.05) is 24.3 Å². The molecule has 3 nitrogen and oxygen atoms in total. The molecular weight excluding hydrogens is 226 g/mol. The van der Waals surface area contributed by atoms with Gasteiger partial charge in [-0.1, -0.05) is 31.2 Å². The van der Waals surface area contributed by atoms with Gasteiger partial charge >= 0.3 is 0 Å². The SMILES string of the molecule is CCc1cccc(C(O)c2ccc(OC)nc2)c1. The molecule has 0 saturated heterocycles. The van der Waals surface area contributed by atoms with E-state index in [0.29, 0.717) is 5.88 Å². The van der Waals surface area contributed by atoms with E-state index >= 15 is 0 Å². The van der Waals surface area contributed by atoms with E-state index in [2.05, 4.69) is 18.0 Å². The van der Waals surface area contributed by atoms with Crippen LogP contribution >= 0.6 is 0 Å².